The number of piperidine rings is 1. The molecule has 1 aliphatic heterocycles. The first kappa shape index (κ1) is 16.6. The van der Waals surface area contributed by atoms with E-state index in [4.69, 9.17) is 4.84 Å². The van der Waals surface area contributed by atoms with Crippen molar-refractivity contribution in [1.82, 2.24) is 5.32 Å². The summed E-state index contributed by atoms with van der Waals surface area (Å²) < 4.78 is 0. The highest BCUT2D eigenvalue weighted by atomic mass is 16.6. The zero-order valence-electron chi connectivity index (χ0n) is 14.1. The number of aryl methyl sites for hydroxylation is 1. The van der Waals surface area contributed by atoms with Gasteiger partial charge in [0.15, 0.2) is 6.61 Å². The number of hydrogen-bond acceptors (Lipinski definition) is 3. The zero-order valence-corrected chi connectivity index (χ0v) is 14.1. The summed E-state index contributed by atoms with van der Waals surface area (Å²) in [6.45, 7) is 11.0. The summed E-state index contributed by atoms with van der Waals surface area (Å²) in [6, 6.07) is 8.30. The van der Waals surface area contributed by atoms with Gasteiger partial charge in [0.2, 0.25) is 0 Å². The fourth-order valence-electron chi connectivity index (χ4n) is 2.54. The molecule has 1 aromatic carbocycles. The van der Waals surface area contributed by atoms with E-state index in [2.05, 4.69) is 62.1 Å². The first-order valence-corrected chi connectivity index (χ1v) is 8.00. The molecule has 3 nitrogen and oxygen atoms in total. The van der Waals surface area contributed by atoms with Gasteiger partial charge in [0.05, 0.1) is 5.71 Å². The third-order valence-corrected chi connectivity index (χ3v) is 4.45. The number of nitrogens with zero attached hydrogens (tertiary/aromatic N) is 1. The molecule has 0 bridgehead atoms. The van der Waals surface area contributed by atoms with Gasteiger partial charge in [-0.1, -0.05) is 56.8 Å². The molecule has 1 N–H and O–H groups in total. The largest absolute Gasteiger partial charge is 0.383 e. The highest BCUT2D eigenvalue weighted by Crippen LogP contribution is 2.29. The lowest BCUT2D eigenvalue weighted by Crippen LogP contribution is -2.48. The molecule has 1 saturated heterocycles. The van der Waals surface area contributed by atoms with Crippen LogP contribution in [0.25, 0.3) is 0 Å². The Morgan fingerprint density at radius 1 is 1.41 bits per heavy atom. The average Bonchev–Trinajstić information content (AvgIpc) is 2.51. The molecule has 0 aromatic heterocycles. The van der Waals surface area contributed by atoms with E-state index in [9.17, 15) is 0 Å². The van der Waals surface area contributed by atoms with Gasteiger partial charge in [-0.15, -0.1) is 0 Å². The van der Waals surface area contributed by atoms with Crippen molar-refractivity contribution in [3.8, 4) is 11.8 Å². The van der Waals surface area contributed by atoms with E-state index < -0.39 is 0 Å². The third kappa shape index (κ3) is 4.35. The number of hydrogen-bond donors (Lipinski definition) is 1. The minimum atomic E-state index is 0.215. The fraction of sp³-hybridized carbons (Fsp3) is 0.526. The van der Waals surface area contributed by atoms with Crippen LogP contribution in [0.1, 0.15) is 38.8 Å². The lowest BCUT2D eigenvalue weighted by Gasteiger charge is -2.37. The highest BCUT2D eigenvalue weighted by molar-refractivity contribution is 5.89. The molecule has 0 saturated carbocycles. The monoisotopic (exact) mass is 298 g/mol. The maximum absolute atomic E-state index is 5.39. The Kier molecular flexibility index (Phi) is 5.63. The second-order valence-electron chi connectivity index (χ2n) is 6.53. The van der Waals surface area contributed by atoms with Crippen LogP contribution in [0.3, 0.4) is 0 Å². The van der Waals surface area contributed by atoms with E-state index in [1.807, 2.05) is 12.1 Å². The maximum atomic E-state index is 5.39. The minimum absolute atomic E-state index is 0.215. The quantitative estimate of drug-likeness (QED) is 0.528. The van der Waals surface area contributed by atoms with Crippen molar-refractivity contribution in [1.29, 1.82) is 0 Å². The standard InChI is InChI=1S/C19H26N2O/c1-5-16-8-6-9-17(12-16)10-7-11-22-21-18-13-20-14-19(3,4)15(18)2/h6,8-9,12,15,20H,5,11,13-14H2,1-4H3/b21-18-. The van der Waals surface area contributed by atoms with E-state index in [-0.39, 0.29) is 5.41 Å². The molecule has 1 aliphatic rings. The Bertz CT molecular complexity index is 593. The molecule has 0 amide bonds. The maximum Gasteiger partial charge on any atom is 0.177 e. The van der Waals surface area contributed by atoms with Crippen LogP contribution >= 0.6 is 0 Å². The summed E-state index contributed by atoms with van der Waals surface area (Å²) in [6.07, 6.45) is 1.03. The van der Waals surface area contributed by atoms with E-state index >= 15 is 0 Å². The van der Waals surface area contributed by atoms with Gasteiger partial charge >= 0.3 is 0 Å². The van der Waals surface area contributed by atoms with Crippen molar-refractivity contribution in [2.75, 3.05) is 19.7 Å². The van der Waals surface area contributed by atoms with Crippen molar-refractivity contribution in [3.05, 3.63) is 35.4 Å². The molecule has 2 rings (SSSR count). The summed E-state index contributed by atoms with van der Waals surface area (Å²) in [5.41, 5.74) is 3.62. The van der Waals surface area contributed by atoms with Crippen molar-refractivity contribution in [3.63, 3.8) is 0 Å². The fourth-order valence-corrected chi connectivity index (χ4v) is 2.54. The van der Waals surface area contributed by atoms with Gasteiger partial charge in [-0.3, -0.25) is 0 Å². The van der Waals surface area contributed by atoms with Crippen molar-refractivity contribution in [2.24, 2.45) is 16.5 Å². The average molecular weight is 298 g/mol. The first-order chi connectivity index (χ1) is 10.5. The van der Waals surface area contributed by atoms with Crippen LogP contribution in [0, 0.1) is 23.2 Å². The molecule has 1 fully saturated rings. The predicted molar refractivity (Wildman–Crippen MR) is 91.9 cm³/mol. The Balaban J connectivity index is 1.89. The van der Waals surface area contributed by atoms with Gasteiger partial charge in [0.25, 0.3) is 0 Å². The summed E-state index contributed by atoms with van der Waals surface area (Å²) >= 11 is 0. The van der Waals surface area contributed by atoms with Crippen LogP contribution in [-0.4, -0.2) is 25.4 Å². The second kappa shape index (κ2) is 7.47. The molecule has 22 heavy (non-hydrogen) atoms. The topological polar surface area (TPSA) is 33.6 Å². The SMILES string of the molecule is CCc1cccc(C#CCO/N=C2/CNCC(C)(C)C2C)c1. The minimum Gasteiger partial charge on any atom is -0.383 e. The molecule has 1 unspecified atom stereocenters. The molecule has 1 heterocycles. The lowest BCUT2D eigenvalue weighted by molar-refractivity contribution is 0.168. The van der Waals surface area contributed by atoms with E-state index in [0.717, 1.165) is 30.8 Å². The van der Waals surface area contributed by atoms with Crippen LogP contribution in [-0.2, 0) is 11.3 Å². The normalized spacial score (nSPS) is 22.0. The van der Waals surface area contributed by atoms with Gasteiger partial charge in [0, 0.05) is 24.6 Å². The molecule has 0 radical (unpaired) electrons. The van der Waals surface area contributed by atoms with E-state index in [1.165, 1.54) is 5.56 Å². The molecule has 1 aromatic rings. The van der Waals surface area contributed by atoms with Crippen LogP contribution in [0.15, 0.2) is 29.4 Å². The van der Waals surface area contributed by atoms with E-state index in [1.54, 1.807) is 0 Å². The van der Waals surface area contributed by atoms with Gasteiger partial charge in [0.1, 0.15) is 0 Å². The van der Waals surface area contributed by atoms with Gasteiger partial charge in [-0.25, -0.2) is 0 Å². The van der Waals surface area contributed by atoms with Crippen LogP contribution in [0.4, 0.5) is 0 Å². The first-order valence-electron chi connectivity index (χ1n) is 8.00. The number of rotatable bonds is 3. The molecule has 0 aliphatic carbocycles. The van der Waals surface area contributed by atoms with Gasteiger partial charge in [-0.2, -0.15) is 0 Å². The Hall–Kier alpha value is -1.79. The molecule has 0 spiro atoms. The van der Waals surface area contributed by atoms with Crippen LogP contribution in [0.2, 0.25) is 0 Å². The van der Waals surface area contributed by atoms with Gasteiger partial charge in [-0.05, 0) is 29.5 Å². The summed E-state index contributed by atoms with van der Waals surface area (Å²) in [4.78, 5) is 5.39. The molecule has 118 valence electrons. The van der Waals surface area contributed by atoms with Crippen molar-refractivity contribution < 1.29 is 4.84 Å². The lowest BCUT2D eigenvalue weighted by atomic mass is 9.75. The smallest absolute Gasteiger partial charge is 0.177 e. The number of oxime groups is 1. The van der Waals surface area contributed by atoms with Crippen LogP contribution in [0.5, 0.6) is 0 Å². The summed E-state index contributed by atoms with van der Waals surface area (Å²) in [7, 11) is 0. The summed E-state index contributed by atoms with van der Waals surface area (Å²) in [5.74, 6) is 6.57. The van der Waals surface area contributed by atoms with Crippen molar-refractivity contribution >= 4 is 5.71 Å². The molecular formula is C19H26N2O. The number of benzene rings is 1. The third-order valence-electron chi connectivity index (χ3n) is 4.45. The van der Waals surface area contributed by atoms with Gasteiger partial charge < -0.3 is 10.2 Å². The predicted octanol–water partition coefficient (Wildman–Crippen LogP) is 3.24. The Morgan fingerprint density at radius 2 is 2.23 bits per heavy atom. The van der Waals surface area contributed by atoms with Crippen LogP contribution < -0.4 is 5.32 Å². The highest BCUT2D eigenvalue weighted by Gasteiger charge is 2.33. The zero-order chi connectivity index (χ0) is 16.0. The number of nitrogens with one attached hydrogen (secondary N) is 1. The summed E-state index contributed by atoms with van der Waals surface area (Å²) in [5, 5.41) is 7.66. The Labute approximate surface area is 134 Å². The molecular weight excluding hydrogens is 272 g/mol. The molecule has 3 heteroatoms. The molecule has 1 atom stereocenters. The second-order valence-corrected chi connectivity index (χ2v) is 6.53. The van der Waals surface area contributed by atoms with Crippen molar-refractivity contribution in [2.45, 2.75) is 34.1 Å². The Morgan fingerprint density at radius 3 is 3.00 bits per heavy atom. The van der Waals surface area contributed by atoms with E-state index in [0.29, 0.717) is 12.5 Å².